The van der Waals surface area contributed by atoms with Gasteiger partial charge in [0, 0.05) is 11.6 Å². The molecule has 1 aromatic carbocycles. The lowest BCUT2D eigenvalue weighted by atomic mass is 10.2. The van der Waals surface area contributed by atoms with Crippen molar-refractivity contribution in [2.24, 2.45) is 11.1 Å². The van der Waals surface area contributed by atoms with Crippen molar-refractivity contribution in [3.05, 3.63) is 28.8 Å². The molecule has 21 heavy (non-hydrogen) atoms. The van der Waals surface area contributed by atoms with Gasteiger partial charge in [0.05, 0.1) is 17.1 Å². The van der Waals surface area contributed by atoms with Crippen LogP contribution in [0.3, 0.4) is 0 Å². The van der Waals surface area contributed by atoms with Gasteiger partial charge in [-0.05, 0) is 24.1 Å². The maximum Gasteiger partial charge on any atom is 0.338 e. The molecular formula is C13H18ClNO5S. The minimum Gasteiger partial charge on any atom is -0.460 e. The molecule has 0 aromatic heterocycles. The average molecular weight is 336 g/mol. The van der Waals surface area contributed by atoms with E-state index < -0.39 is 16.0 Å². The molecule has 118 valence electrons. The van der Waals surface area contributed by atoms with Gasteiger partial charge < -0.3 is 9.47 Å². The Hall–Kier alpha value is -1.15. The van der Waals surface area contributed by atoms with Crippen LogP contribution in [0.1, 0.15) is 24.2 Å². The normalized spacial score (nSPS) is 11.7. The summed E-state index contributed by atoms with van der Waals surface area (Å²) in [7, 11) is -3.94. The van der Waals surface area contributed by atoms with Crippen LogP contribution < -0.4 is 5.14 Å². The fourth-order valence-corrected chi connectivity index (χ4v) is 2.32. The molecule has 0 aliphatic rings. The van der Waals surface area contributed by atoms with E-state index in [9.17, 15) is 13.2 Å². The molecule has 0 aliphatic carbocycles. The summed E-state index contributed by atoms with van der Waals surface area (Å²) in [5.41, 5.74) is 0.0235. The van der Waals surface area contributed by atoms with Crippen molar-refractivity contribution in [1.29, 1.82) is 0 Å². The Balaban J connectivity index is 2.64. The highest BCUT2D eigenvalue weighted by molar-refractivity contribution is 7.89. The number of halogens is 1. The summed E-state index contributed by atoms with van der Waals surface area (Å²) in [6, 6.07) is 3.60. The first-order valence-corrected chi connectivity index (χ1v) is 8.21. The van der Waals surface area contributed by atoms with E-state index in [0.29, 0.717) is 12.5 Å². The number of sulfonamides is 1. The van der Waals surface area contributed by atoms with E-state index in [-0.39, 0.29) is 28.7 Å². The highest BCUT2D eigenvalue weighted by Crippen LogP contribution is 2.18. The van der Waals surface area contributed by atoms with Crippen LogP contribution in [0, 0.1) is 5.92 Å². The molecule has 0 aliphatic heterocycles. The fourth-order valence-electron chi connectivity index (χ4n) is 1.44. The van der Waals surface area contributed by atoms with E-state index in [0.717, 1.165) is 6.07 Å². The molecular weight excluding hydrogens is 318 g/mol. The summed E-state index contributed by atoms with van der Waals surface area (Å²) >= 11 is 5.77. The molecule has 1 rings (SSSR count). The van der Waals surface area contributed by atoms with Crippen molar-refractivity contribution in [3.63, 3.8) is 0 Å². The molecule has 0 amide bonds. The molecule has 0 spiro atoms. The van der Waals surface area contributed by atoms with Gasteiger partial charge in [-0.3, -0.25) is 0 Å². The summed E-state index contributed by atoms with van der Waals surface area (Å²) in [6.07, 6.45) is 0. The molecule has 0 unspecified atom stereocenters. The Kier molecular flexibility index (Phi) is 6.60. The van der Waals surface area contributed by atoms with Crippen molar-refractivity contribution >= 4 is 27.6 Å². The Morgan fingerprint density at radius 3 is 2.52 bits per heavy atom. The fraction of sp³-hybridized carbons (Fsp3) is 0.462. The summed E-state index contributed by atoms with van der Waals surface area (Å²) in [5, 5.41) is 5.09. The number of hydrogen-bond acceptors (Lipinski definition) is 5. The van der Waals surface area contributed by atoms with Gasteiger partial charge in [-0.1, -0.05) is 25.4 Å². The topological polar surface area (TPSA) is 95.7 Å². The van der Waals surface area contributed by atoms with Crippen molar-refractivity contribution in [1.82, 2.24) is 0 Å². The van der Waals surface area contributed by atoms with Crippen LogP contribution in [-0.4, -0.2) is 34.2 Å². The van der Waals surface area contributed by atoms with Crippen LogP contribution in [-0.2, 0) is 19.5 Å². The van der Waals surface area contributed by atoms with Crippen LogP contribution in [0.5, 0.6) is 0 Å². The maximum absolute atomic E-state index is 11.8. The third-order valence-corrected chi connectivity index (χ3v) is 3.46. The second kappa shape index (κ2) is 7.74. The predicted molar refractivity (Wildman–Crippen MR) is 78.8 cm³/mol. The van der Waals surface area contributed by atoms with E-state index in [2.05, 4.69) is 0 Å². The number of hydrogen-bond donors (Lipinski definition) is 1. The lowest BCUT2D eigenvalue weighted by molar-refractivity contribution is 0.0277. The van der Waals surface area contributed by atoms with E-state index in [1.54, 1.807) is 0 Å². The maximum atomic E-state index is 11.8. The van der Waals surface area contributed by atoms with Crippen molar-refractivity contribution in [3.8, 4) is 0 Å². The number of esters is 1. The lowest BCUT2D eigenvalue weighted by Gasteiger charge is -2.08. The second-order valence-corrected chi connectivity index (χ2v) is 6.82. The Bertz CT molecular complexity index is 601. The molecule has 0 atom stereocenters. The Morgan fingerprint density at radius 2 is 1.95 bits per heavy atom. The number of nitrogens with two attached hydrogens (primary N) is 1. The predicted octanol–water partition coefficient (Wildman–Crippen LogP) is 1.82. The quantitative estimate of drug-likeness (QED) is 0.605. The van der Waals surface area contributed by atoms with E-state index >= 15 is 0 Å². The first kappa shape index (κ1) is 17.9. The van der Waals surface area contributed by atoms with Crippen molar-refractivity contribution in [2.75, 3.05) is 19.8 Å². The van der Waals surface area contributed by atoms with Gasteiger partial charge in [0.2, 0.25) is 10.0 Å². The van der Waals surface area contributed by atoms with Crippen LogP contribution in [0.2, 0.25) is 5.02 Å². The molecule has 8 heteroatoms. The molecule has 0 fully saturated rings. The summed E-state index contributed by atoms with van der Waals surface area (Å²) in [5.74, 6) is -0.290. The highest BCUT2D eigenvalue weighted by Gasteiger charge is 2.15. The second-order valence-electron chi connectivity index (χ2n) is 4.83. The molecule has 2 N–H and O–H groups in total. The zero-order valence-corrected chi connectivity index (χ0v) is 13.4. The van der Waals surface area contributed by atoms with Crippen molar-refractivity contribution in [2.45, 2.75) is 18.7 Å². The van der Waals surface area contributed by atoms with Gasteiger partial charge >= 0.3 is 5.97 Å². The first-order chi connectivity index (χ1) is 9.70. The van der Waals surface area contributed by atoms with E-state index in [1.165, 1.54) is 12.1 Å². The third kappa shape index (κ3) is 6.43. The van der Waals surface area contributed by atoms with Crippen molar-refractivity contribution < 1.29 is 22.7 Å². The van der Waals surface area contributed by atoms with Gasteiger partial charge in [-0.25, -0.2) is 18.4 Å². The number of ether oxygens (including phenoxy) is 2. The van der Waals surface area contributed by atoms with Gasteiger partial charge in [0.15, 0.2) is 0 Å². The minimum absolute atomic E-state index is 0.0235. The van der Waals surface area contributed by atoms with E-state index in [1.807, 2.05) is 13.8 Å². The smallest absolute Gasteiger partial charge is 0.338 e. The van der Waals surface area contributed by atoms with Crippen LogP contribution in [0.4, 0.5) is 0 Å². The number of carbonyl (C=O) groups is 1. The largest absolute Gasteiger partial charge is 0.460 e. The molecule has 0 saturated carbocycles. The van der Waals surface area contributed by atoms with Crippen LogP contribution >= 0.6 is 11.6 Å². The highest BCUT2D eigenvalue weighted by atomic mass is 35.5. The molecule has 0 heterocycles. The zero-order chi connectivity index (χ0) is 16.0. The SMILES string of the molecule is CC(C)COCCOC(=O)c1cc(Cl)cc(S(N)(=O)=O)c1. The molecule has 0 bridgehead atoms. The number of benzene rings is 1. The number of rotatable bonds is 7. The molecule has 0 saturated heterocycles. The van der Waals surface area contributed by atoms with Gasteiger partial charge in [0.25, 0.3) is 0 Å². The molecule has 6 nitrogen and oxygen atoms in total. The average Bonchev–Trinajstić information content (AvgIpc) is 2.36. The number of carbonyl (C=O) groups excluding carboxylic acids is 1. The first-order valence-electron chi connectivity index (χ1n) is 6.28. The Morgan fingerprint density at radius 1 is 1.29 bits per heavy atom. The molecule has 1 aromatic rings. The van der Waals surface area contributed by atoms with Gasteiger partial charge in [-0.15, -0.1) is 0 Å². The summed E-state index contributed by atoms with van der Waals surface area (Å²) < 4.78 is 32.8. The van der Waals surface area contributed by atoms with Gasteiger partial charge in [-0.2, -0.15) is 0 Å². The third-order valence-electron chi connectivity index (χ3n) is 2.35. The van der Waals surface area contributed by atoms with Crippen LogP contribution in [0.25, 0.3) is 0 Å². The molecule has 0 radical (unpaired) electrons. The summed E-state index contributed by atoms with van der Waals surface area (Å²) in [4.78, 5) is 11.6. The Labute approximate surface area is 129 Å². The van der Waals surface area contributed by atoms with Gasteiger partial charge in [0.1, 0.15) is 6.61 Å². The minimum atomic E-state index is -3.94. The number of primary sulfonamides is 1. The standard InChI is InChI=1S/C13H18ClNO5S/c1-9(2)8-19-3-4-20-13(16)10-5-11(14)7-12(6-10)21(15,17)18/h5-7,9H,3-4,8H2,1-2H3,(H2,15,17,18). The van der Waals surface area contributed by atoms with Crippen LogP contribution in [0.15, 0.2) is 23.1 Å². The monoisotopic (exact) mass is 335 g/mol. The lowest BCUT2D eigenvalue weighted by Crippen LogP contribution is -2.15. The summed E-state index contributed by atoms with van der Waals surface area (Å²) in [6.45, 7) is 4.93. The van der Waals surface area contributed by atoms with E-state index in [4.69, 9.17) is 26.2 Å². The zero-order valence-electron chi connectivity index (χ0n) is 11.8.